The summed E-state index contributed by atoms with van der Waals surface area (Å²) < 4.78 is 0. The molecule has 0 aliphatic carbocycles. The number of rotatable bonds is 2. The van der Waals surface area contributed by atoms with Crippen molar-refractivity contribution < 1.29 is 9.59 Å². The van der Waals surface area contributed by atoms with Gasteiger partial charge in [-0.2, -0.15) is 0 Å². The Morgan fingerprint density at radius 3 is 2.50 bits per heavy atom. The first-order chi connectivity index (χ1) is 3.72. The average Bonchev–Trinajstić information content (AvgIpc) is 1.84. The van der Waals surface area contributed by atoms with Gasteiger partial charge in [-0.3, -0.25) is 14.5 Å². The Labute approximate surface area is 52.2 Å². The number of alkyl halides is 1. The van der Waals surface area contributed by atoms with E-state index in [1.165, 1.54) is 7.05 Å². The summed E-state index contributed by atoms with van der Waals surface area (Å²) in [4.78, 5) is 21.0. The van der Waals surface area contributed by atoms with Gasteiger partial charge in [0.05, 0.1) is 0 Å². The van der Waals surface area contributed by atoms with Crippen molar-refractivity contribution >= 4 is 23.9 Å². The zero-order valence-corrected chi connectivity index (χ0v) is 5.18. The van der Waals surface area contributed by atoms with Gasteiger partial charge in [0.1, 0.15) is 5.88 Å². The Morgan fingerprint density at radius 2 is 2.38 bits per heavy atom. The van der Waals surface area contributed by atoms with Crippen molar-refractivity contribution in [2.75, 3.05) is 12.9 Å². The maximum absolute atomic E-state index is 10.3. The van der Waals surface area contributed by atoms with Gasteiger partial charge in [-0.1, -0.05) is 0 Å². The summed E-state index contributed by atoms with van der Waals surface area (Å²) in [5.41, 5.74) is 0. The number of hydrogen-bond acceptors (Lipinski definition) is 2. The van der Waals surface area contributed by atoms with Crippen LogP contribution in [0, 0.1) is 0 Å². The van der Waals surface area contributed by atoms with Gasteiger partial charge in [-0.25, -0.2) is 0 Å². The normalized spacial score (nSPS) is 8.25. The van der Waals surface area contributed by atoms with E-state index in [-0.39, 0.29) is 11.8 Å². The minimum atomic E-state index is -0.387. The number of halogens is 1. The van der Waals surface area contributed by atoms with Crippen LogP contribution in [0.25, 0.3) is 0 Å². The van der Waals surface area contributed by atoms with E-state index in [1.807, 2.05) is 0 Å². The van der Waals surface area contributed by atoms with Crippen LogP contribution < -0.4 is 0 Å². The molecule has 2 amide bonds. The quantitative estimate of drug-likeness (QED) is 0.390. The summed E-state index contributed by atoms with van der Waals surface area (Å²) in [7, 11) is 1.36. The van der Waals surface area contributed by atoms with E-state index in [0.717, 1.165) is 4.90 Å². The molecule has 0 N–H and O–H groups in total. The number of amides is 2. The van der Waals surface area contributed by atoms with Crippen molar-refractivity contribution in [2.24, 2.45) is 0 Å². The molecule has 0 unspecified atom stereocenters. The SMILES string of the molecule is CN(C=O)C(=O)CCl. The van der Waals surface area contributed by atoms with Gasteiger partial charge in [0.15, 0.2) is 0 Å². The predicted octanol–water partition coefficient (Wildman–Crippen LogP) is -0.160. The van der Waals surface area contributed by atoms with Crippen LogP contribution in [0.3, 0.4) is 0 Å². The second-order valence-corrected chi connectivity index (χ2v) is 1.51. The highest BCUT2D eigenvalue weighted by atomic mass is 35.5. The average molecular weight is 136 g/mol. The fourth-order valence-electron chi connectivity index (χ4n) is 0.153. The zero-order valence-electron chi connectivity index (χ0n) is 4.43. The lowest BCUT2D eigenvalue weighted by Crippen LogP contribution is -2.25. The van der Waals surface area contributed by atoms with E-state index in [9.17, 15) is 9.59 Å². The smallest absolute Gasteiger partial charge is 0.243 e. The van der Waals surface area contributed by atoms with Gasteiger partial charge >= 0.3 is 0 Å². The fourth-order valence-corrected chi connectivity index (χ4v) is 0.342. The molecule has 0 atom stereocenters. The maximum atomic E-state index is 10.3. The lowest BCUT2D eigenvalue weighted by molar-refractivity contribution is -0.134. The molecule has 0 rings (SSSR count). The first-order valence-electron chi connectivity index (χ1n) is 1.99. The summed E-state index contributed by atoms with van der Waals surface area (Å²) in [6.07, 6.45) is 0.421. The van der Waals surface area contributed by atoms with Crippen LogP contribution >= 0.6 is 11.6 Å². The molecule has 3 nitrogen and oxygen atoms in total. The highest BCUT2D eigenvalue weighted by molar-refractivity contribution is 6.27. The Kier molecular flexibility index (Phi) is 3.19. The van der Waals surface area contributed by atoms with Crippen molar-refractivity contribution in [3.05, 3.63) is 0 Å². The monoisotopic (exact) mass is 135 g/mol. The van der Waals surface area contributed by atoms with Gasteiger partial charge < -0.3 is 0 Å². The van der Waals surface area contributed by atoms with Crippen LogP contribution in [0.2, 0.25) is 0 Å². The molecule has 0 aromatic heterocycles. The molecule has 0 bridgehead atoms. The molecule has 0 aromatic rings. The highest BCUT2D eigenvalue weighted by Gasteiger charge is 2.02. The zero-order chi connectivity index (χ0) is 6.57. The van der Waals surface area contributed by atoms with Crippen LogP contribution in [0.5, 0.6) is 0 Å². The first-order valence-corrected chi connectivity index (χ1v) is 2.52. The van der Waals surface area contributed by atoms with Crippen molar-refractivity contribution in [1.29, 1.82) is 0 Å². The fraction of sp³-hybridized carbons (Fsp3) is 0.500. The van der Waals surface area contributed by atoms with E-state index in [2.05, 4.69) is 0 Å². The molecule has 0 aromatic carbocycles. The number of imide groups is 1. The molecule has 0 aliphatic heterocycles. The third kappa shape index (κ3) is 1.93. The lowest BCUT2D eigenvalue weighted by Gasteiger charge is -2.02. The summed E-state index contributed by atoms with van der Waals surface area (Å²) in [6.45, 7) is 0. The van der Waals surface area contributed by atoms with Crippen LogP contribution in [0.1, 0.15) is 0 Å². The third-order valence-electron chi connectivity index (χ3n) is 0.666. The molecule has 0 saturated heterocycles. The summed E-state index contributed by atoms with van der Waals surface area (Å²) in [5, 5.41) is 0. The summed E-state index contributed by atoms with van der Waals surface area (Å²) in [5.74, 6) is -0.531. The van der Waals surface area contributed by atoms with Gasteiger partial charge in [-0.15, -0.1) is 11.6 Å². The lowest BCUT2D eigenvalue weighted by atomic mass is 10.6. The Hall–Kier alpha value is -0.570. The number of carbonyl (C=O) groups excluding carboxylic acids is 2. The maximum Gasteiger partial charge on any atom is 0.243 e. The number of carbonyl (C=O) groups is 2. The molecule has 0 saturated carbocycles. The molecular formula is C4H6ClNO2. The predicted molar refractivity (Wildman–Crippen MR) is 29.6 cm³/mol. The van der Waals surface area contributed by atoms with Crippen LogP contribution in [0.15, 0.2) is 0 Å². The topological polar surface area (TPSA) is 37.4 Å². The van der Waals surface area contributed by atoms with Crippen LogP contribution in [-0.2, 0) is 9.59 Å². The minimum Gasteiger partial charge on any atom is -0.287 e. The van der Waals surface area contributed by atoms with E-state index in [1.54, 1.807) is 0 Å². The summed E-state index contributed by atoms with van der Waals surface area (Å²) >= 11 is 5.08. The second-order valence-electron chi connectivity index (χ2n) is 1.24. The number of hydrogen-bond donors (Lipinski definition) is 0. The summed E-state index contributed by atoms with van der Waals surface area (Å²) in [6, 6.07) is 0. The highest BCUT2D eigenvalue weighted by Crippen LogP contribution is 1.81. The Balaban J connectivity index is 3.62. The van der Waals surface area contributed by atoms with Crippen molar-refractivity contribution in [3.8, 4) is 0 Å². The van der Waals surface area contributed by atoms with Gasteiger partial charge in [-0.05, 0) is 0 Å². The van der Waals surface area contributed by atoms with Gasteiger partial charge in [0.25, 0.3) is 0 Å². The molecule has 0 heterocycles. The molecule has 0 radical (unpaired) electrons. The number of nitrogens with zero attached hydrogens (tertiary/aromatic N) is 1. The molecule has 0 spiro atoms. The van der Waals surface area contributed by atoms with Crippen LogP contribution in [-0.4, -0.2) is 30.1 Å². The molecule has 0 aliphatic rings. The van der Waals surface area contributed by atoms with E-state index in [0.29, 0.717) is 6.41 Å². The molecule has 46 valence electrons. The molecule has 4 heteroatoms. The van der Waals surface area contributed by atoms with Crippen molar-refractivity contribution in [3.63, 3.8) is 0 Å². The van der Waals surface area contributed by atoms with Gasteiger partial charge in [0.2, 0.25) is 12.3 Å². The third-order valence-corrected chi connectivity index (χ3v) is 0.894. The Morgan fingerprint density at radius 1 is 1.88 bits per heavy atom. The van der Waals surface area contributed by atoms with E-state index < -0.39 is 0 Å². The molecule has 8 heavy (non-hydrogen) atoms. The van der Waals surface area contributed by atoms with Gasteiger partial charge in [0, 0.05) is 7.05 Å². The second kappa shape index (κ2) is 3.43. The van der Waals surface area contributed by atoms with E-state index >= 15 is 0 Å². The molecular weight excluding hydrogens is 130 g/mol. The molecule has 0 fully saturated rings. The standard InChI is InChI=1S/C4H6ClNO2/c1-6(3-7)4(8)2-5/h3H,2H2,1H3. The Bertz CT molecular complexity index is 104. The van der Waals surface area contributed by atoms with Crippen LogP contribution in [0.4, 0.5) is 0 Å². The minimum absolute atomic E-state index is 0.144. The largest absolute Gasteiger partial charge is 0.287 e. The van der Waals surface area contributed by atoms with Crippen molar-refractivity contribution in [2.45, 2.75) is 0 Å². The van der Waals surface area contributed by atoms with E-state index in [4.69, 9.17) is 11.6 Å². The first kappa shape index (κ1) is 7.43. The van der Waals surface area contributed by atoms with Crippen molar-refractivity contribution in [1.82, 2.24) is 4.90 Å².